The summed E-state index contributed by atoms with van der Waals surface area (Å²) in [5, 5.41) is 17.8. The molecule has 1 aliphatic heterocycles. The van der Waals surface area contributed by atoms with Gasteiger partial charge in [-0.1, -0.05) is 19.3 Å². The lowest BCUT2D eigenvalue weighted by Crippen LogP contribution is -2.44. The van der Waals surface area contributed by atoms with E-state index < -0.39 is 5.60 Å². The summed E-state index contributed by atoms with van der Waals surface area (Å²) in [6, 6.07) is -0.0432. The predicted octanol–water partition coefficient (Wildman–Crippen LogP) is 2.25. The van der Waals surface area contributed by atoms with Crippen LogP contribution in [0.3, 0.4) is 0 Å². The highest BCUT2D eigenvalue weighted by Crippen LogP contribution is 2.34. The van der Waals surface area contributed by atoms with E-state index in [0.29, 0.717) is 5.82 Å². The Bertz CT molecular complexity index is 522. The fraction of sp³-hybridized carbons (Fsp3) is 0.812. The summed E-state index contributed by atoms with van der Waals surface area (Å²) in [5.41, 5.74) is -0.799. The number of aliphatic hydroxyl groups is 1. The zero-order valence-electron chi connectivity index (χ0n) is 13.3. The van der Waals surface area contributed by atoms with Gasteiger partial charge in [-0.25, -0.2) is 4.98 Å². The van der Waals surface area contributed by atoms with Gasteiger partial charge in [-0.05, 0) is 39.0 Å². The maximum absolute atomic E-state index is 12.8. The van der Waals surface area contributed by atoms with E-state index in [0.717, 1.165) is 57.3 Å². The number of rotatable bonds is 3. The Morgan fingerprint density at radius 1 is 1.32 bits per heavy atom. The number of amides is 1. The molecule has 1 atom stereocenters. The Morgan fingerprint density at radius 3 is 2.77 bits per heavy atom. The third-order valence-corrected chi connectivity index (χ3v) is 5.00. The van der Waals surface area contributed by atoms with E-state index in [1.165, 1.54) is 6.42 Å². The minimum atomic E-state index is -0.799. The average Bonchev–Trinajstić information content (AvgIpc) is 2.94. The van der Waals surface area contributed by atoms with Crippen LogP contribution < -0.4 is 0 Å². The van der Waals surface area contributed by atoms with Crippen molar-refractivity contribution in [3.63, 3.8) is 0 Å². The fourth-order valence-electron chi connectivity index (χ4n) is 3.78. The molecule has 1 aromatic heterocycles. The molecule has 1 saturated heterocycles. The van der Waals surface area contributed by atoms with Crippen LogP contribution in [0.15, 0.2) is 0 Å². The van der Waals surface area contributed by atoms with E-state index in [1.807, 2.05) is 11.8 Å². The van der Waals surface area contributed by atoms with Crippen LogP contribution in [0, 0.1) is 6.92 Å². The van der Waals surface area contributed by atoms with E-state index >= 15 is 0 Å². The smallest absolute Gasteiger partial charge is 0.226 e. The molecule has 0 spiro atoms. The quantitative estimate of drug-likeness (QED) is 0.897. The number of H-pyrrole nitrogens is 1. The van der Waals surface area contributed by atoms with Crippen molar-refractivity contribution in [2.45, 2.75) is 76.4 Å². The largest absolute Gasteiger partial charge is 0.389 e. The molecule has 3 rings (SSSR count). The fourth-order valence-corrected chi connectivity index (χ4v) is 3.78. The number of carbonyl (C=O) groups is 1. The monoisotopic (exact) mass is 306 g/mol. The van der Waals surface area contributed by atoms with Gasteiger partial charge >= 0.3 is 0 Å². The maximum Gasteiger partial charge on any atom is 0.226 e. The summed E-state index contributed by atoms with van der Waals surface area (Å²) >= 11 is 0. The van der Waals surface area contributed by atoms with Gasteiger partial charge < -0.3 is 10.0 Å². The summed E-state index contributed by atoms with van der Waals surface area (Å²) in [7, 11) is 0. The number of hydrogen-bond acceptors (Lipinski definition) is 4. The molecule has 1 aliphatic carbocycles. The molecule has 0 bridgehead atoms. The van der Waals surface area contributed by atoms with Gasteiger partial charge in [-0.2, -0.15) is 5.10 Å². The normalized spacial score (nSPS) is 25.2. The Hall–Kier alpha value is -1.43. The molecule has 2 aliphatic rings. The molecule has 0 radical (unpaired) electrons. The second kappa shape index (κ2) is 6.36. The van der Waals surface area contributed by atoms with Crippen molar-refractivity contribution in [2.24, 2.45) is 0 Å². The summed E-state index contributed by atoms with van der Waals surface area (Å²) in [5.74, 6) is 1.54. The topological polar surface area (TPSA) is 82.1 Å². The zero-order valence-corrected chi connectivity index (χ0v) is 13.3. The first-order valence-electron chi connectivity index (χ1n) is 8.48. The minimum absolute atomic E-state index is 0.0432. The van der Waals surface area contributed by atoms with Gasteiger partial charge in [0.05, 0.1) is 18.1 Å². The highest BCUT2D eigenvalue weighted by atomic mass is 16.3. The third kappa shape index (κ3) is 3.32. The van der Waals surface area contributed by atoms with Gasteiger partial charge in [-0.15, -0.1) is 0 Å². The van der Waals surface area contributed by atoms with Crippen LogP contribution in [0.4, 0.5) is 0 Å². The Kier molecular flexibility index (Phi) is 4.47. The molecule has 1 amide bonds. The van der Waals surface area contributed by atoms with Crippen molar-refractivity contribution < 1.29 is 9.90 Å². The number of carbonyl (C=O) groups excluding carboxylic acids is 1. The second-order valence-electron chi connectivity index (χ2n) is 6.84. The number of aromatic nitrogens is 3. The number of aryl methyl sites for hydroxylation is 1. The van der Waals surface area contributed by atoms with E-state index in [2.05, 4.69) is 15.2 Å². The van der Waals surface area contributed by atoms with Gasteiger partial charge in [0.25, 0.3) is 0 Å². The number of aromatic amines is 1. The van der Waals surface area contributed by atoms with Crippen LogP contribution >= 0.6 is 0 Å². The van der Waals surface area contributed by atoms with E-state index in [4.69, 9.17) is 0 Å². The summed E-state index contributed by atoms with van der Waals surface area (Å²) < 4.78 is 0. The lowest BCUT2D eigenvalue weighted by molar-refractivity contribution is -0.141. The Morgan fingerprint density at radius 2 is 2.09 bits per heavy atom. The number of nitrogens with one attached hydrogen (secondary N) is 1. The van der Waals surface area contributed by atoms with Crippen LogP contribution in [-0.2, 0) is 4.79 Å². The maximum atomic E-state index is 12.8. The van der Waals surface area contributed by atoms with Gasteiger partial charge in [0, 0.05) is 6.54 Å². The van der Waals surface area contributed by atoms with E-state index in [9.17, 15) is 9.90 Å². The third-order valence-electron chi connectivity index (χ3n) is 5.00. The lowest BCUT2D eigenvalue weighted by Gasteiger charge is -2.38. The van der Waals surface area contributed by atoms with Gasteiger partial charge in [0.15, 0.2) is 5.82 Å². The zero-order chi connectivity index (χ0) is 15.6. The van der Waals surface area contributed by atoms with Crippen LogP contribution in [0.25, 0.3) is 0 Å². The van der Waals surface area contributed by atoms with Gasteiger partial charge in [0.1, 0.15) is 5.82 Å². The number of piperidine rings is 1. The van der Waals surface area contributed by atoms with Crippen LogP contribution in [0.2, 0.25) is 0 Å². The summed E-state index contributed by atoms with van der Waals surface area (Å²) in [6.45, 7) is 2.61. The minimum Gasteiger partial charge on any atom is -0.389 e. The predicted molar refractivity (Wildman–Crippen MR) is 82.1 cm³/mol. The number of likely N-dealkylation sites (tertiary alicyclic amines) is 1. The highest BCUT2D eigenvalue weighted by molar-refractivity contribution is 5.77. The van der Waals surface area contributed by atoms with E-state index in [-0.39, 0.29) is 18.4 Å². The first-order valence-corrected chi connectivity index (χ1v) is 8.48. The Balaban J connectivity index is 1.71. The van der Waals surface area contributed by atoms with Crippen molar-refractivity contribution in [1.29, 1.82) is 0 Å². The molecule has 22 heavy (non-hydrogen) atoms. The molecule has 1 saturated carbocycles. The Labute approximate surface area is 131 Å². The van der Waals surface area contributed by atoms with Crippen molar-refractivity contribution in [3.8, 4) is 0 Å². The standard InChI is InChI=1S/C16H26N4O2/c1-12-17-15(19-18-12)13-7-3-6-10-20(13)14(21)11-16(22)8-4-2-5-9-16/h13,22H,2-11H2,1H3,(H,17,18,19)/t13-/m1/s1. The molecule has 2 heterocycles. The number of nitrogens with zero attached hydrogens (tertiary/aromatic N) is 3. The van der Waals surface area contributed by atoms with Crippen LogP contribution in [0.1, 0.15) is 75.5 Å². The molecule has 2 fully saturated rings. The molecule has 122 valence electrons. The molecule has 1 aromatic rings. The lowest BCUT2D eigenvalue weighted by atomic mass is 9.82. The first kappa shape index (κ1) is 15.5. The molecule has 0 aromatic carbocycles. The van der Waals surface area contributed by atoms with Crippen molar-refractivity contribution in [3.05, 3.63) is 11.6 Å². The molecule has 0 unspecified atom stereocenters. The molecular weight excluding hydrogens is 280 g/mol. The van der Waals surface area contributed by atoms with E-state index in [1.54, 1.807) is 0 Å². The second-order valence-corrected chi connectivity index (χ2v) is 6.84. The van der Waals surface area contributed by atoms with Crippen molar-refractivity contribution in [1.82, 2.24) is 20.1 Å². The summed E-state index contributed by atoms with van der Waals surface area (Å²) in [4.78, 5) is 19.1. The SMILES string of the molecule is Cc1nc([C@H]2CCCCN2C(=O)CC2(O)CCCCC2)n[nH]1. The number of hydrogen-bond donors (Lipinski definition) is 2. The summed E-state index contributed by atoms with van der Waals surface area (Å²) in [6.07, 6.45) is 7.96. The van der Waals surface area contributed by atoms with Crippen molar-refractivity contribution in [2.75, 3.05) is 6.54 Å². The van der Waals surface area contributed by atoms with Crippen LogP contribution in [0.5, 0.6) is 0 Å². The van der Waals surface area contributed by atoms with Gasteiger partial charge in [0.2, 0.25) is 5.91 Å². The first-order chi connectivity index (χ1) is 10.6. The molecular formula is C16H26N4O2. The molecule has 6 heteroatoms. The highest BCUT2D eigenvalue weighted by Gasteiger charge is 2.37. The van der Waals surface area contributed by atoms with Crippen molar-refractivity contribution >= 4 is 5.91 Å². The molecule has 6 nitrogen and oxygen atoms in total. The van der Waals surface area contributed by atoms with Gasteiger partial charge in [-0.3, -0.25) is 9.89 Å². The van der Waals surface area contributed by atoms with Crippen LogP contribution in [-0.4, -0.2) is 43.2 Å². The average molecular weight is 306 g/mol. The molecule has 2 N–H and O–H groups in total.